The maximum atomic E-state index is 11.7. The van der Waals surface area contributed by atoms with Crippen molar-refractivity contribution in [1.29, 1.82) is 0 Å². The van der Waals surface area contributed by atoms with Crippen LogP contribution in [-0.2, 0) is 6.42 Å². The number of hydrogen-bond acceptors (Lipinski definition) is 2. The Morgan fingerprint density at radius 3 is 2.48 bits per heavy atom. The zero-order chi connectivity index (χ0) is 14.9. The van der Waals surface area contributed by atoms with E-state index in [4.69, 9.17) is 0 Å². The van der Waals surface area contributed by atoms with Crippen LogP contribution in [0.5, 0.6) is 0 Å². The van der Waals surface area contributed by atoms with Crippen molar-refractivity contribution >= 4 is 6.03 Å². The number of nitrogens with zero attached hydrogens (tertiary/aromatic N) is 2. The zero-order valence-electron chi connectivity index (χ0n) is 13.1. The van der Waals surface area contributed by atoms with Gasteiger partial charge in [-0.25, -0.2) is 4.79 Å². The van der Waals surface area contributed by atoms with E-state index in [1.54, 1.807) is 0 Å². The maximum absolute atomic E-state index is 11.7. The summed E-state index contributed by atoms with van der Waals surface area (Å²) in [6.45, 7) is 7.52. The molecule has 1 aliphatic rings. The van der Waals surface area contributed by atoms with E-state index in [0.717, 1.165) is 32.7 Å². The monoisotopic (exact) mass is 289 g/mol. The van der Waals surface area contributed by atoms with Gasteiger partial charge >= 0.3 is 6.03 Å². The Hall–Kier alpha value is -1.55. The minimum absolute atomic E-state index is 0.0845. The molecular formula is C17H27N3O. The van der Waals surface area contributed by atoms with Crippen LogP contribution in [0.4, 0.5) is 4.79 Å². The lowest BCUT2D eigenvalue weighted by atomic mass is 10.1. The van der Waals surface area contributed by atoms with Gasteiger partial charge < -0.3 is 10.2 Å². The molecule has 0 aromatic heterocycles. The van der Waals surface area contributed by atoms with Crippen molar-refractivity contribution in [1.82, 2.24) is 15.1 Å². The number of rotatable bonds is 6. The van der Waals surface area contributed by atoms with Crippen LogP contribution in [0, 0.1) is 0 Å². The number of nitrogens with one attached hydrogen (secondary N) is 1. The summed E-state index contributed by atoms with van der Waals surface area (Å²) in [5, 5.41) is 2.87. The molecule has 116 valence electrons. The molecule has 1 aliphatic heterocycles. The summed E-state index contributed by atoms with van der Waals surface area (Å²) in [6.07, 6.45) is 3.64. The molecule has 21 heavy (non-hydrogen) atoms. The van der Waals surface area contributed by atoms with Gasteiger partial charge in [0, 0.05) is 32.7 Å². The van der Waals surface area contributed by atoms with Crippen LogP contribution in [0.15, 0.2) is 30.3 Å². The van der Waals surface area contributed by atoms with E-state index in [1.807, 2.05) is 11.8 Å². The van der Waals surface area contributed by atoms with E-state index in [1.165, 1.54) is 24.8 Å². The molecule has 2 rings (SSSR count). The second-order valence-electron chi connectivity index (χ2n) is 5.61. The van der Waals surface area contributed by atoms with Crippen molar-refractivity contribution in [3.05, 3.63) is 35.9 Å². The molecule has 1 saturated heterocycles. The van der Waals surface area contributed by atoms with Crippen molar-refractivity contribution in [3.63, 3.8) is 0 Å². The summed E-state index contributed by atoms with van der Waals surface area (Å²) in [5.74, 6) is 0. The van der Waals surface area contributed by atoms with Gasteiger partial charge in [0.05, 0.1) is 0 Å². The summed E-state index contributed by atoms with van der Waals surface area (Å²) in [6, 6.07) is 10.8. The van der Waals surface area contributed by atoms with Crippen LogP contribution in [-0.4, -0.2) is 55.1 Å². The van der Waals surface area contributed by atoms with Crippen LogP contribution in [0.25, 0.3) is 0 Å². The number of piperazine rings is 1. The van der Waals surface area contributed by atoms with Crippen LogP contribution in [0.1, 0.15) is 25.3 Å². The smallest absolute Gasteiger partial charge is 0.317 e. The Bertz CT molecular complexity index is 413. The number of unbranched alkanes of at least 4 members (excludes halogenated alkanes) is 1. The first-order chi connectivity index (χ1) is 10.3. The Kier molecular flexibility index (Phi) is 6.54. The van der Waals surface area contributed by atoms with Gasteiger partial charge in [0.1, 0.15) is 0 Å². The van der Waals surface area contributed by atoms with Gasteiger partial charge in [-0.3, -0.25) is 4.90 Å². The van der Waals surface area contributed by atoms with E-state index in [-0.39, 0.29) is 6.03 Å². The van der Waals surface area contributed by atoms with Gasteiger partial charge in [-0.2, -0.15) is 0 Å². The third-order valence-electron chi connectivity index (χ3n) is 4.02. The van der Waals surface area contributed by atoms with E-state index in [2.05, 4.69) is 40.5 Å². The molecule has 0 atom stereocenters. The summed E-state index contributed by atoms with van der Waals surface area (Å²) in [7, 11) is 0. The first-order valence-corrected chi connectivity index (χ1v) is 8.08. The predicted molar refractivity (Wildman–Crippen MR) is 86.5 cm³/mol. The van der Waals surface area contributed by atoms with Crippen molar-refractivity contribution in [2.24, 2.45) is 0 Å². The highest BCUT2D eigenvalue weighted by Gasteiger charge is 2.19. The molecule has 1 fully saturated rings. The molecule has 4 nitrogen and oxygen atoms in total. The molecule has 0 bridgehead atoms. The van der Waals surface area contributed by atoms with E-state index >= 15 is 0 Å². The zero-order valence-corrected chi connectivity index (χ0v) is 13.1. The number of hydrogen-bond donors (Lipinski definition) is 1. The first kappa shape index (κ1) is 15.8. The highest BCUT2D eigenvalue weighted by molar-refractivity contribution is 5.74. The lowest BCUT2D eigenvalue weighted by Gasteiger charge is -2.34. The Labute approximate surface area is 128 Å². The molecule has 2 amide bonds. The molecule has 1 N–H and O–H groups in total. The van der Waals surface area contributed by atoms with Gasteiger partial charge in [0.25, 0.3) is 0 Å². The van der Waals surface area contributed by atoms with Crippen molar-refractivity contribution in [2.45, 2.75) is 26.2 Å². The minimum Gasteiger partial charge on any atom is -0.338 e. The Morgan fingerprint density at radius 1 is 1.10 bits per heavy atom. The number of benzene rings is 1. The summed E-state index contributed by atoms with van der Waals surface area (Å²) in [5.41, 5.74) is 1.43. The second-order valence-corrected chi connectivity index (χ2v) is 5.61. The fourth-order valence-corrected chi connectivity index (χ4v) is 2.75. The number of carbonyl (C=O) groups is 1. The third-order valence-corrected chi connectivity index (χ3v) is 4.02. The van der Waals surface area contributed by atoms with Gasteiger partial charge in [-0.05, 0) is 38.3 Å². The third kappa shape index (κ3) is 5.38. The number of amides is 2. The van der Waals surface area contributed by atoms with E-state index in [0.29, 0.717) is 6.54 Å². The first-order valence-electron chi connectivity index (χ1n) is 8.08. The fraction of sp³-hybridized carbons (Fsp3) is 0.588. The summed E-state index contributed by atoms with van der Waals surface area (Å²) >= 11 is 0. The maximum Gasteiger partial charge on any atom is 0.317 e. The predicted octanol–water partition coefficient (Wildman–Crippen LogP) is 2.36. The van der Waals surface area contributed by atoms with Gasteiger partial charge in [-0.1, -0.05) is 30.3 Å². The largest absolute Gasteiger partial charge is 0.338 e. The number of aryl methyl sites for hydroxylation is 1. The molecule has 4 heteroatoms. The van der Waals surface area contributed by atoms with Crippen LogP contribution in [0.2, 0.25) is 0 Å². The van der Waals surface area contributed by atoms with E-state index in [9.17, 15) is 4.79 Å². The standard InChI is InChI=1S/C17H27N3O/c1-2-18-17(21)20-14-12-19(13-15-20)11-7-6-10-16-8-4-3-5-9-16/h3-5,8-9H,2,6-7,10-15H2,1H3,(H,18,21). The second kappa shape index (κ2) is 8.67. The molecule has 1 aromatic rings. The molecule has 1 aromatic carbocycles. The minimum atomic E-state index is 0.0845. The number of carbonyl (C=O) groups excluding carboxylic acids is 1. The van der Waals surface area contributed by atoms with Gasteiger partial charge in [-0.15, -0.1) is 0 Å². The Morgan fingerprint density at radius 2 is 1.81 bits per heavy atom. The molecular weight excluding hydrogens is 262 g/mol. The molecule has 1 heterocycles. The van der Waals surface area contributed by atoms with Crippen LogP contribution >= 0.6 is 0 Å². The van der Waals surface area contributed by atoms with E-state index < -0.39 is 0 Å². The van der Waals surface area contributed by atoms with Gasteiger partial charge in [0.15, 0.2) is 0 Å². The lowest BCUT2D eigenvalue weighted by molar-refractivity contribution is 0.138. The van der Waals surface area contributed by atoms with Crippen molar-refractivity contribution < 1.29 is 4.79 Å². The van der Waals surface area contributed by atoms with Gasteiger partial charge in [0.2, 0.25) is 0 Å². The molecule has 0 aliphatic carbocycles. The van der Waals surface area contributed by atoms with Crippen molar-refractivity contribution in [3.8, 4) is 0 Å². The molecule has 0 unspecified atom stereocenters. The topological polar surface area (TPSA) is 35.6 Å². The number of urea groups is 1. The normalized spacial score (nSPS) is 16.0. The van der Waals surface area contributed by atoms with Crippen molar-refractivity contribution in [2.75, 3.05) is 39.3 Å². The summed E-state index contributed by atoms with van der Waals surface area (Å²) < 4.78 is 0. The lowest BCUT2D eigenvalue weighted by Crippen LogP contribution is -2.51. The molecule has 0 radical (unpaired) electrons. The Balaban J connectivity index is 1.58. The average Bonchev–Trinajstić information content (AvgIpc) is 2.53. The molecule has 0 saturated carbocycles. The quantitative estimate of drug-likeness (QED) is 0.816. The molecule has 0 spiro atoms. The van der Waals surface area contributed by atoms with Crippen LogP contribution < -0.4 is 5.32 Å². The summed E-state index contributed by atoms with van der Waals surface area (Å²) in [4.78, 5) is 16.1. The SMILES string of the molecule is CCNC(=O)N1CCN(CCCCc2ccccc2)CC1. The highest BCUT2D eigenvalue weighted by atomic mass is 16.2. The fourth-order valence-electron chi connectivity index (χ4n) is 2.75. The van der Waals surface area contributed by atoms with Crippen LogP contribution in [0.3, 0.4) is 0 Å². The average molecular weight is 289 g/mol. The highest BCUT2D eigenvalue weighted by Crippen LogP contribution is 2.07.